The lowest BCUT2D eigenvalue weighted by Crippen LogP contribution is -2.19. The molecule has 1 N–H and O–H groups in total. The molecular weight excluding hydrogens is 192 g/mol. The number of hydrogen-bond acceptors (Lipinski definition) is 3. The third-order valence-corrected chi connectivity index (χ3v) is 1.99. The lowest BCUT2D eigenvalue weighted by molar-refractivity contribution is 0.0222. The van der Waals surface area contributed by atoms with Crippen LogP contribution in [0.2, 0.25) is 0 Å². The molecule has 0 saturated heterocycles. The number of rotatable bonds is 4. The number of ether oxygens (including phenoxy) is 1. The lowest BCUT2D eigenvalue weighted by atomic mass is 10.2. The average Bonchev–Trinajstić information content (AvgIpc) is 2.17. The molecule has 82 valence electrons. The molecule has 2 atom stereocenters. The summed E-state index contributed by atoms with van der Waals surface area (Å²) in [7, 11) is 0. The minimum atomic E-state index is -0.455. The van der Waals surface area contributed by atoms with Crippen LogP contribution in [0.3, 0.4) is 0 Å². The highest BCUT2D eigenvalue weighted by atomic mass is 16.5. The second-order valence-electron chi connectivity index (χ2n) is 3.67. The molecule has 0 aromatic heterocycles. The van der Waals surface area contributed by atoms with E-state index >= 15 is 0 Å². The number of aliphatic hydroxyl groups is 1. The number of esters is 1. The zero-order valence-corrected chi connectivity index (χ0v) is 9.01. The summed E-state index contributed by atoms with van der Waals surface area (Å²) in [5.74, 6) is -0.344. The fraction of sp³-hybridized carbons (Fsp3) is 0.417. The number of aliphatic hydroxyl groups excluding tert-OH is 1. The maximum Gasteiger partial charge on any atom is 0.338 e. The van der Waals surface area contributed by atoms with Gasteiger partial charge in [0, 0.05) is 6.42 Å². The zero-order valence-electron chi connectivity index (χ0n) is 9.01. The Morgan fingerprint density at radius 1 is 1.33 bits per heavy atom. The van der Waals surface area contributed by atoms with Crippen molar-refractivity contribution in [3.8, 4) is 0 Å². The van der Waals surface area contributed by atoms with Crippen LogP contribution in [0.1, 0.15) is 30.6 Å². The van der Waals surface area contributed by atoms with Crippen molar-refractivity contribution in [2.45, 2.75) is 32.5 Å². The molecule has 0 heterocycles. The van der Waals surface area contributed by atoms with Gasteiger partial charge in [-0.05, 0) is 26.0 Å². The Bertz CT molecular complexity index is 306. The highest BCUT2D eigenvalue weighted by Crippen LogP contribution is 2.07. The Labute approximate surface area is 89.7 Å². The minimum Gasteiger partial charge on any atom is -0.459 e. The number of carbonyl (C=O) groups excluding carboxylic acids is 1. The topological polar surface area (TPSA) is 46.5 Å². The number of benzene rings is 1. The molecule has 1 aromatic carbocycles. The predicted octanol–water partition coefficient (Wildman–Crippen LogP) is 2.00. The van der Waals surface area contributed by atoms with Crippen molar-refractivity contribution in [2.24, 2.45) is 0 Å². The first-order chi connectivity index (χ1) is 7.09. The number of carbonyl (C=O) groups is 1. The van der Waals surface area contributed by atoms with Crippen molar-refractivity contribution < 1.29 is 14.6 Å². The van der Waals surface area contributed by atoms with Gasteiger partial charge in [-0.1, -0.05) is 18.2 Å². The summed E-state index contributed by atoms with van der Waals surface area (Å²) in [6.07, 6.45) is -0.264. The molecular formula is C12H16O3. The van der Waals surface area contributed by atoms with E-state index in [-0.39, 0.29) is 12.1 Å². The molecule has 0 fully saturated rings. The van der Waals surface area contributed by atoms with Crippen molar-refractivity contribution in [1.29, 1.82) is 0 Å². The SMILES string of the molecule is C[C@H](O)C[C@@H](C)OC(=O)c1ccccc1. The Hall–Kier alpha value is -1.35. The molecule has 0 unspecified atom stereocenters. The van der Waals surface area contributed by atoms with E-state index < -0.39 is 6.10 Å². The van der Waals surface area contributed by atoms with E-state index in [0.717, 1.165) is 0 Å². The lowest BCUT2D eigenvalue weighted by Gasteiger charge is -2.14. The summed E-state index contributed by atoms with van der Waals surface area (Å²) in [6, 6.07) is 8.83. The molecule has 0 saturated carbocycles. The van der Waals surface area contributed by atoms with E-state index in [0.29, 0.717) is 12.0 Å². The summed E-state index contributed by atoms with van der Waals surface area (Å²) in [5, 5.41) is 9.11. The quantitative estimate of drug-likeness (QED) is 0.770. The van der Waals surface area contributed by atoms with E-state index in [1.54, 1.807) is 38.1 Å². The Balaban J connectivity index is 2.49. The molecule has 0 spiro atoms. The average molecular weight is 208 g/mol. The summed E-state index contributed by atoms with van der Waals surface area (Å²) in [4.78, 5) is 11.5. The van der Waals surface area contributed by atoms with Gasteiger partial charge in [0.1, 0.15) is 6.10 Å². The van der Waals surface area contributed by atoms with E-state index in [2.05, 4.69) is 0 Å². The molecule has 15 heavy (non-hydrogen) atoms. The predicted molar refractivity (Wildman–Crippen MR) is 57.6 cm³/mol. The van der Waals surface area contributed by atoms with Gasteiger partial charge >= 0.3 is 5.97 Å². The fourth-order valence-corrected chi connectivity index (χ4v) is 1.35. The minimum absolute atomic E-state index is 0.266. The van der Waals surface area contributed by atoms with Gasteiger partial charge in [0.05, 0.1) is 11.7 Å². The van der Waals surface area contributed by atoms with Gasteiger partial charge in [-0.3, -0.25) is 0 Å². The van der Waals surface area contributed by atoms with Crippen LogP contribution >= 0.6 is 0 Å². The first-order valence-corrected chi connectivity index (χ1v) is 5.03. The van der Waals surface area contributed by atoms with Gasteiger partial charge in [-0.2, -0.15) is 0 Å². The molecule has 3 heteroatoms. The van der Waals surface area contributed by atoms with Crippen LogP contribution < -0.4 is 0 Å². The van der Waals surface area contributed by atoms with Crippen LogP contribution in [0.25, 0.3) is 0 Å². The van der Waals surface area contributed by atoms with Gasteiger partial charge < -0.3 is 9.84 Å². The first kappa shape index (κ1) is 11.7. The van der Waals surface area contributed by atoms with Crippen molar-refractivity contribution in [1.82, 2.24) is 0 Å². The van der Waals surface area contributed by atoms with Crippen molar-refractivity contribution in [3.63, 3.8) is 0 Å². The van der Waals surface area contributed by atoms with Crippen molar-refractivity contribution >= 4 is 5.97 Å². The molecule has 0 amide bonds. The van der Waals surface area contributed by atoms with Crippen molar-refractivity contribution in [2.75, 3.05) is 0 Å². The Kier molecular flexibility index (Phi) is 4.31. The van der Waals surface area contributed by atoms with E-state index in [1.165, 1.54) is 0 Å². The highest BCUT2D eigenvalue weighted by Gasteiger charge is 2.12. The van der Waals surface area contributed by atoms with E-state index in [4.69, 9.17) is 9.84 Å². The maximum absolute atomic E-state index is 11.5. The van der Waals surface area contributed by atoms with Crippen molar-refractivity contribution in [3.05, 3.63) is 35.9 Å². The second kappa shape index (κ2) is 5.51. The summed E-state index contributed by atoms with van der Waals surface area (Å²) < 4.78 is 5.15. The van der Waals surface area contributed by atoms with Crippen LogP contribution in [0.15, 0.2) is 30.3 Å². The highest BCUT2D eigenvalue weighted by molar-refractivity contribution is 5.89. The third kappa shape index (κ3) is 4.13. The summed E-state index contributed by atoms with van der Waals surface area (Å²) >= 11 is 0. The van der Waals surface area contributed by atoms with Crippen LogP contribution in [0.5, 0.6) is 0 Å². The molecule has 0 aliphatic rings. The van der Waals surface area contributed by atoms with Crippen LogP contribution in [-0.4, -0.2) is 23.3 Å². The summed E-state index contributed by atoms with van der Waals surface area (Å²) in [5.41, 5.74) is 0.537. The summed E-state index contributed by atoms with van der Waals surface area (Å²) in [6.45, 7) is 3.44. The molecule has 0 aliphatic carbocycles. The standard InChI is InChI=1S/C12H16O3/c1-9(13)8-10(2)15-12(14)11-6-4-3-5-7-11/h3-7,9-10,13H,8H2,1-2H3/t9-,10+/m0/s1. The van der Waals surface area contributed by atoms with Gasteiger partial charge in [0.15, 0.2) is 0 Å². The van der Waals surface area contributed by atoms with Gasteiger partial charge in [-0.15, -0.1) is 0 Å². The van der Waals surface area contributed by atoms with Crippen LogP contribution in [-0.2, 0) is 4.74 Å². The molecule has 1 rings (SSSR count). The van der Waals surface area contributed by atoms with Crippen LogP contribution in [0, 0.1) is 0 Å². The second-order valence-corrected chi connectivity index (χ2v) is 3.67. The molecule has 3 nitrogen and oxygen atoms in total. The molecule has 0 radical (unpaired) electrons. The van der Waals surface area contributed by atoms with Gasteiger partial charge in [0.2, 0.25) is 0 Å². The molecule has 0 aliphatic heterocycles. The fourth-order valence-electron chi connectivity index (χ4n) is 1.35. The Morgan fingerprint density at radius 3 is 2.47 bits per heavy atom. The smallest absolute Gasteiger partial charge is 0.338 e. The maximum atomic E-state index is 11.5. The molecule has 1 aromatic rings. The molecule has 0 bridgehead atoms. The van der Waals surface area contributed by atoms with Gasteiger partial charge in [-0.25, -0.2) is 4.79 Å². The van der Waals surface area contributed by atoms with E-state index in [1.807, 2.05) is 6.07 Å². The largest absolute Gasteiger partial charge is 0.459 e. The monoisotopic (exact) mass is 208 g/mol. The normalized spacial score (nSPS) is 14.3. The first-order valence-electron chi connectivity index (χ1n) is 5.03. The zero-order chi connectivity index (χ0) is 11.3. The van der Waals surface area contributed by atoms with Crippen LogP contribution in [0.4, 0.5) is 0 Å². The van der Waals surface area contributed by atoms with E-state index in [9.17, 15) is 4.79 Å². The van der Waals surface area contributed by atoms with Gasteiger partial charge in [0.25, 0.3) is 0 Å². The third-order valence-electron chi connectivity index (χ3n) is 1.99. The number of hydrogen-bond donors (Lipinski definition) is 1. The Morgan fingerprint density at radius 2 is 1.93 bits per heavy atom.